The third-order valence-corrected chi connectivity index (χ3v) is 3.41. The largest absolute Gasteiger partial charge is 0.350 e. The summed E-state index contributed by atoms with van der Waals surface area (Å²) in [6.45, 7) is 0. The number of nitrogens with zero attached hydrogens (tertiary/aromatic N) is 5. The highest BCUT2D eigenvalue weighted by atomic mass is 32.1. The fourth-order valence-corrected chi connectivity index (χ4v) is 2.43. The Bertz CT molecular complexity index is 533. The summed E-state index contributed by atoms with van der Waals surface area (Å²) in [5.41, 5.74) is 1.76. The molecule has 1 amide bonds. The second kappa shape index (κ2) is 4.10. The number of hydrogen-bond donors (Lipinski definition) is 0. The van der Waals surface area contributed by atoms with Crippen molar-refractivity contribution in [2.75, 3.05) is 0 Å². The van der Waals surface area contributed by atoms with Crippen molar-refractivity contribution in [3.8, 4) is 0 Å². The van der Waals surface area contributed by atoms with E-state index in [1.165, 1.54) is 27.2 Å². The highest BCUT2D eigenvalue weighted by Gasteiger charge is 2.29. The van der Waals surface area contributed by atoms with Gasteiger partial charge in [-0.05, 0) is 0 Å². The van der Waals surface area contributed by atoms with Gasteiger partial charge in [0.2, 0.25) is 0 Å². The molecule has 1 unspecified atom stereocenters. The zero-order valence-corrected chi connectivity index (χ0v) is 9.62. The highest BCUT2D eigenvalue weighted by molar-refractivity contribution is 7.09. The molecule has 0 saturated carbocycles. The smallest absolute Gasteiger partial charge is 0.257 e. The number of carbonyl (C=O) groups excluding carboxylic acids is 1. The topological polar surface area (TPSA) is 63.4 Å². The van der Waals surface area contributed by atoms with Gasteiger partial charge in [0.25, 0.3) is 0 Å². The van der Waals surface area contributed by atoms with Gasteiger partial charge in [0.05, 0.1) is 11.6 Å². The molecule has 7 heteroatoms. The molecule has 3 heterocycles. The van der Waals surface area contributed by atoms with Crippen molar-refractivity contribution in [3.05, 3.63) is 35.3 Å². The van der Waals surface area contributed by atoms with Crippen LogP contribution in [0.15, 0.2) is 35.5 Å². The van der Waals surface area contributed by atoms with Gasteiger partial charge in [0.15, 0.2) is 0 Å². The van der Waals surface area contributed by atoms with Gasteiger partial charge in [0.1, 0.15) is 6.33 Å². The van der Waals surface area contributed by atoms with Crippen molar-refractivity contribution < 1.29 is 4.79 Å². The summed E-state index contributed by atoms with van der Waals surface area (Å²) in [6, 6.07) is -0.243. The number of hydrogen-bond acceptors (Lipinski definition) is 5. The lowest BCUT2D eigenvalue weighted by Crippen LogP contribution is -2.30. The van der Waals surface area contributed by atoms with Crippen molar-refractivity contribution >= 4 is 23.6 Å². The van der Waals surface area contributed by atoms with Crippen LogP contribution in [0.4, 0.5) is 4.79 Å². The molecule has 1 aliphatic heterocycles. The van der Waals surface area contributed by atoms with Gasteiger partial charge >= 0.3 is 6.03 Å². The molecule has 0 aromatic carbocycles. The average molecular weight is 247 g/mol. The molecular formula is C10H9N5OS. The number of amides is 1. The highest BCUT2D eigenvalue weighted by Crippen LogP contribution is 2.30. The van der Waals surface area contributed by atoms with Crippen LogP contribution in [0.3, 0.4) is 0 Å². The van der Waals surface area contributed by atoms with Crippen LogP contribution >= 0.6 is 11.3 Å². The normalized spacial score (nSPS) is 18.8. The van der Waals surface area contributed by atoms with E-state index in [4.69, 9.17) is 0 Å². The molecule has 0 aliphatic carbocycles. The molecule has 2 aromatic heterocycles. The molecule has 86 valence electrons. The summed E-state index contributed by atoms with van der Waals surface area (Å²) < 4.78 is 1.41. The maximum absolute atomic E-state index is 12.1. The first-order chi connectivity index (χ1) is 8.36. The predicted octanol–water partition coefficient (Wildman–Crippen LogP) is 1.74. The van der Waals surface area contributed by atoms with E-state index >= 15 is 0 Å². The molecule has 0 fully saturated rings. The molecule has 2 aromatic rings. The van der Waals surface area contributed by atoms with Crippen LogP contribution in [0.5, 0.6) is 0 Å². The van der Waals surface area contributed by atoms with Crippen LogP contribution in [0.2, 0.25) is 0 Å². The molecule has 17 heavy (non-hydrogen) atoms. The average Bonchev–Trinajstić information content (AvgIpc) is 3.09. The van der Waals surface area contributed by atoms with Gasteiger partial charge in [-0.15, -0.1) is 11.3 Å². The second-order valence-corrected chi connectivity index (χ2v) is 4.47. The number of thiazole rings is 1. The minimum atomic E-state index is -0.199. The number of hydrazone groups is 1. The van der Waals surface area contributed by atoms with E-state index in [-0.39, 0.29) is 12.1 Å². The van der Waals surface area contributed by atoms with E-state index in [1.807, 2.05) is 0 Å². The van der Waals surface area contributed by atoms with Crippen LogP contribution in [0.25, 0.3) is 0 Å². The van der Waals surface area contributed by atoms with E-state index in [0.29, 0.717) is 0 Å². The number of imidazole rings is 1. The van der Waals surface area contributed by atoms with E-state index in [0.717, 1.165) is 11.3 Å². The third-order valence-electron chi connectivity index (χ3n) is 2.53. The van der Waals surface area contributed by atoms with Gasteiger partial charge in [-0.25, -0.2) is 14.8 Å². The Morgan fingerprint density at radius 2 is 2.41 bits per heavy atom. The Kier molecular flexibility index (Phi) is 2.45. The summed E-state index contributed by atoms with van der Waals surface area (Å²) in [5.74, 6) is 0. The molecule has 0 radical (unpaired) electrons. The summed E-state index contributed by atoms with van der Waals surface area (Å²) in [7, 11) is 0. The predicted molar refractivity (Wildman–Crippen MR) is 62.8 cm³/mol. The molecule has 1 atom stereocenters. The first kappa shape index (κ1) is 10.2. The van der Waals surface area contributed by atoms with Crippen LogP contribution in [0.1, 0.15) is 17.3 Å². The minimum absolute atomic E-state index is 0.0441. The Hall–Kier alpha value is -2.02. The molecule has 0 bridgehead atoms. The molecule has 0 N–H and O–H groups in total. The Morgan fingerprint density at radius 1 is 1.47 bits per heavy atom. The van der Waals surface area contributed by atoms with E-state index in [9.17, 15) is 4.79 Å². The van der Waals surface area contributed by atoms with Gasteiger partial charge in [-0.3, -0.25) is 9.55 Å². The first-order valence-electron chi connectivity index (χ1n) is 5.08. The second-order valence-electron chi connectivity index (χ2n) is 3.55. The van der Waals surface area contributed by atoms with Crippen LogP contribution in [-0.2, 0) is 0 Å². The molecule has 6 nitrogen and oxygen atoms in total. The third kappa shape index (κ3) is 1.74. The summed E-state index contributed by atoms with van der Waals surface area (Å²) in [5, 5.41) is 5.59. The van der Waals surface area contributed by atoms with Crippen molar-refractivity contribution in [2.24, 2.45) is 5.10 Å². The fourth-order valence-electron chi connectivity index (χ4n) is 1.72. The molecule has 0 spiro atoms. The molecule has 0 saturated heterocycles. The van der Waals surface area contributed by atoms with Crippen LogP contribution in [0, 0.1) is 0 Å². The van der Waals surface area contributed by atoms with Crippen LogP contribution in [-0.4, -0.2) is 31.8 Å². The standard InChI is InChI=1S/C10H9N5OS/c16-10(14-4-3-11-6-14)15-8(1-2-13-15)9-5-12-7-17-9/h2-8H,1H2. The number of rotatable bonds is 1. The molecule has 3 rings (SSSR count). The zero-order chi connectivity index (χ0) is 11.7. The Labute approximate surface area is 101 Å². The monoisotopic (exact) mass is 247 g/mol. The van der Waals surface area contributed by atoms with Crippen molar-refractivity contribution in [1.29, 1.82) is 0 Å². The maximum atomic E-state index is 12.1. The van der Waals surface area contributed by atoms with E-state index in [2.05, 4.69) is 15.1 Å². The lowest BCUT2D eigenvalue weighted by atomic mass is 10.2. The van der Waals surface area contributed by atoms with Crippen molar-refractivity contribution in [3.63, 3.8) is 0 Å². The van der Waals surface area contributed by atoms with Crippen LogP contribution < -0.4 is 0 Å². The molecular weight excluding hydrogens is 238 g/mol. The van der Waals surface area contributed by atoms with Crippen molar-refractivity contribution in [1.82, 2.24) is 19.5 Å². The van der Waals surface area contributed by atoms with Crippen molar-refractivity contribution in [2.45, 2.75) is 12.5 Å². The van der Waals surface area contributed by atoms with Gasteiger partial charge < -0.3 is 0 Å². The number of carbonyl (C=O) groups is 1. The fraction of sp³-hybridized carbons (Fsp3) is 0.200. The van der Waals surface area contributed by atoms with Gasteiger partial charge in [-0.1, -0.05) is 0 Å². The van der Waals surface area contributed by atoms with Gasteiger partial charge in [0, 0.05) is 36.1 Å². The lowest BCUT2D eigenvalue weighted by Gasteiger charge is -2.20. The summed E-state index contributed by atoms with van der Waals surface area (Å²) in [4.78, 5) is 21.1. The quantitative estimate of drug-likeness (QED) is 0.771. The Balaban J connectivity index is 1.87. The first-order valence-corrected chi connectivity index (χ1v) is 5.96. The Morgan fingerprint density at radius 3 is 3.12 bits per heavy atom. The van der Waals surface area contributed by atoms with Gasteiger partial charge in [-0.2, -0.15) is 5.10 Å². The SMILES string of the molecule is O=C(N1N=CCC1c1cncs1)n1ccnc1. The lowest BCUT2D eigenvalue weighted by molar-refractivity contribution is 0.188. The summed E-state index contributed by atoms with van der Waals surface area (Å²) >= 11 is 1.53. The maximum Gasteiger partial charge on any atom is 0.350 e. The van der Waals surface area contributed by atoms with E-state index in [1.54, 1.807) is 30.3 Å². The van der Waals surface area contributed by atoms with E-state index < -0.39 is 0 Å². The minimum Gasteiger partial charge on any atom is -0.257 e. The molecule has 1 aliphatic rings. The number of aromatic nitrogens is 3. The zero-order valence-electron chi connectivity index (χ0n) is 8.80. The summed E-state index contributed by atoms with van der Waals surface area (Å²) in [6.07, 6.45) is 8.90.